The van der Waals surface area contributed by atoms with Crippen LogP contribution in [-0.2, 0) is 46.7 Å². The van der Waals surface area contributed by atoms with Gasteiger partial charge in [-0.3, -0.25) is 19.3 Å². The number of methoxy groups -OCH3 is 1. The van der Waals surface area contributed by atoms with Gasteiger partial charge < -0.3 is 19.5 Å². The maximum Gasteiger partial charge on any atom is 0.246 e. The van der Waals surface area contributed by atoms with Gasteiger partial charge in [0.05, 0.1) is 46.2 Å². The van der Waals surface area contributed by atoms with Crippen molar-refractivity contribution in [2.75, 3.05) is 59.8 Å². The summed E-state index contributed by atoms with van der Waals surface area (Å²) < 4.78 is 15.9. The Morgan fingerprint density at radius 3 is 2.05 bits per heavy atom. The summed E-state index contributed by atoms with van der Waals surface area (Å²) in [6, 6.07) is 19.6. The predicted octanol–water partition coefficient (Wildman–Crippen LogP) is 3.41. The molecule has 2 N–H and O–H groups in total. The highest BCUT2D eigenvalue weighted by atomic mass is 16.7. The van der Waals surface area contributed by atoms with Gasteiger partial charge in [0.2, 0.25) is 11.8 Å². The molecule has 0 spiro atoms. The molecule has 0 fully saturated rings. The SMILES string of the molecule is COCCOCCOCCN(OCc1ccccc1)C(=O)CCC(=O)NCCCCCNOCc1ccccc1. The van der Waals surface area contributed by atoms with Gasteiger partial charge in [0.1, 0.15) is 6.61 Å². The van der Waals surface area contributed by atoms with Crippen LogP contribution in [0.2, 0.25) is 0 Å². The fraction of sp³-hybridized carbons (Fsp3) is 0.533. The highest BCUT2D eigenvalue weighted by Crippen LogP contribution is 2.06. The van der Waals surface area contributed by atoms with Crippen molar-refractivity contribution in [3.8, 4) is 0 Å². The largest absolute Gasteiger partial charge is 0.382 e. The van der Waals surface area contributed by atoms with E-state index >= 15 is 0 Å². The topological polar surface area (TPSA) is 108 Å². The Balaban J connectivity index is 1.56. The lowest BCUT2D eigenvalue weighted by Crippen LogP contribution is -2.35. The molecule has 0 aliphatic heterocycles. The summed E-state index contributed by atoms with van der Waals surface area (Å²) in [4.78, 5) is 36.3. The van der Waals surface area contributed by atoms with E-state index in [0.717, 1.165) is 36.9 Å². The second-order valence-electron chi connectivity index (χ2n) is 9.05. The van der Waals surface area contributed by atoms with Crippen LogP contribution in [-0.4, -0.2) is 76.7 Å². The highest BCUT2D eigenvalue weighted by molar-refractivity contribution is 5.83. The summed E-state index contributed by atoms with van der Waals surface area (Å²) in [6.45, 7) is 4.56. The number of hydrogen-bond donors (Lipinski definition) is 2. The molecule has 0 radical (unpaired) electrons. The van der Waals surface area contributed by atoms with E-state index in [0.29, 0.717) is 46.2 Å². The normalized spacial score (nSPS) is 10.9. The van der Waals surface area contributed by atoms with E-state index in [4.69, 9.17) is 23.9 Å². The molecule has 10 nitrogen and oxygen atoms in total. The lowest BCUT2D eigenvalue weighted by Gasteiger charge is -2.22. The monoisotopic (exact) mass is 559 g/mol. The first-order chi connectivity index (χ1) is 19.7. The highest BCUT2D eigenvalue weighted by Gasteiger charge is 2.16. The van der Waals surface area contributed by atoms with Crippen LogP contribution in [0, 0.1) is 0 Å². The standard InChI is InChI=1S/C30H45N3O7/c1-36-21-22-38-24-23-37-20-19-33(40-26-28-13-7-3-8-14-28)30(35)16-15-29(34)31-17-9-4-10-18-32-39-25-27-11-5-2-6-12-27/h2-3,5-8,11-14,32H,4,9-10,15-26H2,1H3,(H,31,34). The average molecular weight is 560 g/mol. The summed E-state index contributed by atoms with van der Waals surface area (Å²) >= 11 is 0. The number of amides is 2. The van der Waals surface area contributed by atoms with Crippen molar-refractivity contribution in [1.29, 1.82) is 0 Å². The smallest absolute Gasteiger partial charge is 0.246 e. The molecule has 0 heterocycles. The quantitative estimate of drug-likeness (QED) is 0.149. The lowest BCUT2D eigenvalue weighted by atomic mass is 10.2. The second kappa shape index (κ2) is 22.9. The molecule has 0 saturated carbocycles. The molecule has 2 aromatic carbocycles. The molecule has 2 amide bonds. The molecule has 0 aromatic heterocycles. The van der Waals surface area contributed by atoms with Gasteiger partial charge in [0.15, 0.2) is 0 Å². The third-order valence-corrected chi connectivity index (χ3v) is 5.78. The fourth-order valence-corrected chi connectivity index (χ4v) is 3.54. The van der Waals surface area contributed by atoms with Gasteiger partial charge in [-0.15, -0.1) is 0 Å². The van der Waals surface area contributed by atoms with Gasteiger partial charge >= 0.3 is 0 Å². The molecular weight excluding hydrogens is 514 g/mol. The van der Waals surface area contributed by atoms with Crippen LogP contribution < -0.4 is 10.8 Å². The molecule has 2 rings (SSSR count). The van der Waals surface area contributed by atoms with Crippen molar-refractivity contribution in [2.24, 2.45) is 0 Å². The minimum atomic E-state index is -0.257. The van der Waals surface area contributed by atoms with Crippen LogP contribution in [0.3, 0.4) is 0 Å². The molecule has 40 heavy (non-hydrogen) atoms. The van der Waals surface area contributed by atoms with Crippen LogP contribution in [0.4, 0.5) is 0 Å². The third kappa shape index (κ3) is 17.0. The van der Waals surface area contributed by atoms with Crippen LogP contribution in [0.5, 0.6) is 0 Å². The maximum atomic E-state index is 12.8. The minimum Gasteiger partial charge on any atom is -0.382 e. The third-order valence-electron chi connectivity index (χ3n) is 5.78. The number of ether oxygens (including phenoxy) is 3. The predicted molar refractivity (Wildman–Crippen MR) is 152 cm³/mol. The molecule has 2 aromatic rings. The van der Waals surface area contributed by atoms with Gasteiger partial charge in [-0.2, -0.15) is 0 Å². The van der Waals surface area contributed by atoms with E-state index in [1.165, 1.54) is 5.06 Å². The number of unbranched alkanes of at least 4 members (excludes halogenated alkanes) is 2. The zero-order valence-electron chi connectivity index (χ0n) is 23.7. The molecule has 10 heteroatoms. The number of carbonyl (C=O) groups is 2. The number of hydrogen-bond acceptors (Lipinski definition) is 8. The zero-order chi connectivity index (χ0) is 28.5. The molecule has 0 aliphatic carbocycles. The molecule has 0 saturated heterocycles. The molecule has 0 bridgehead atoms. The molecule has 0 aliphatic rings. The Bertz CT molecular complexity index is 903. The Labute approximate surface area is 238 Å². The number of nitrogens with one attached hydrogen (secondary N) is 2. The Hall–Kier alpha value is -2.86. The zero-order valence-corrected chi connectivity index (χ0v) is 23.7. The van der Waals surface area contributed by atoms with E-state index < -0.39 is 0 Å². The minimum absolute atomic E-state index is 0.0590. The van der Waals surface area contributed by atoms with Gasteiger partial charge in [-0.05, 0) is 24.0 Å². The van der Waals surface area contributed by atoms with Crippen molar-refractivity contribution in [3.63, 3.8) is 0 Å². The summed E-state index contributed by atoms with van der Waals surface area (Å²) in [5, 5.41) is 4.18. The van der Waals surface area contributed by atoms with Gasteiger partial charge in [-0.25, -0.2) is 10.5 Å². The summed E-state index contributed by atoms with van der Waals surface area (Å²) in [5.41, 5.74) is 5.04. The van der Waals surface area contributed by atoms with Crippen molar-refractivity contribution >= 4 is 11.8 Å². The van der Waals surface area contributed by atoms with Crippen LogP contribution >= 0.6 is 0 Å². The van der Waals surface area contributed by atoms with Gasteiger partial charge in [0, 0.05) is 33.0 Å². The molecular formula is C30H45N3O7. The van der Waals surface area contributed by atoms with Crippen LogP contribution in [0.25, 0.3) is 0 Å². The van der Waals surface area contributed by atoms with Gasteiger partial charge in [0.25, 0.3) is 0 Å². The number of nitrogens with zero attached hydrogens (tertiary/aromatic N) is 1. The first kappa shape index (κ1) is 33.3. The second-order valence-corrected chi connectivity index (χ2v) is 9.05. The van der Waals surface area contributed by atoms with E-state index in [2.05, 4.69) is 10.8 Å². The van der Waals surface area contributed by atoms with E-state index in [-0.39, 0.29) is 37.8 Å². The molecule has 0 unspecified atom stereocenters. The number of rotatable bonds is 24. The molecule has 0 atom stereocenters. The maximum absolute atomic E-state index is 12.8. The first-order valence-electron chi connectivity index (χ1n) is 14.0. The average Bonchev–Trinajstić information content (AvgIpc) is 2.99. The number of hydroxylamine groups is 3. The fourth-order valence-electron chi connectivity index (χ4n) is 3.54. The summed E-state index contributed by atoms with van der Waals surface area (Å²) in [6.07, 6.45) is 2.92. The van der Waals surface area contributed by atoms with Gasteiger partial charge in [-0.1, -0.05) is 67.1 Å². The Morgan fingerprint density at radius 2 is 1.35 bits per heavy atom. The van der Waals surface area contributed by atoms with Crippen LogP contribution in [0.15, 0.2) is 60.7 Å². The van der Waals surface area contributed by atoms with Crippen LogP contribution in [0.1, 0.15) is 43.2 Å². The van der Waals surface area contributed by atoms with Crippen molar-refractivity contribution < 1.29 is 33.5 Å². The lowest BCUT2D eigenvalue weighted by molar-refractivity contribution is -0.195. The van der Waals surface area contributed by atoms with Crippen molar-refractivity contribution in [1.82, 2.24) is 15.9 Å². The first-order valence-corrected chi connectivity index (χ1v) is 14.0. The van der Waals surface area contributed by atoms with E-state index in [1.807, 2.05) is 60.7 Å². The van der Waals surface area contributed by atoms with Crippen molar-refractivity contribution in [2.45, 2.75) is 45.3 Å². The number of carbonyl (C=O) groups excluding carboxylic acids is 2. The summed E-state index contributed by atoms with van der Waals surface area (Å²) in [7, 11) is 1.62. The Kier molecular flexibility index (Phi) is 19.1. The molecule has 222 valence electrons. The Morgan fingerprint density at radius 1 is 0.725 bits per heavy atom. The van der Waals surface area contributed by atoms with Crippen molar-refractivity contribution in [3.05, 3.63) is 71.8 Å². The van der Waals surface area contributed by atoms with E-state index in [1.54, 1.807) is 7.11 Å². The summed E-state index contributed by atoms with van der Waals surface area (Å²) in [5.74, 6) is -0.405. The number of benzene rings is 2. The van der Waals surface area contributed by atoms with E-state index in [9.17, 15) is 9.59 Å².